The molecule has 0 amide bonds. The molecule has 0 aliphatic rings. The van der Waals surface area contributed by atoms with E-state index in [1.54, 1.807) is 37.4 Å². The lowest BCUT2D eigenvalue weighted by Gasteiger charge is -1.96. The molecular formula is C14H12N2O2. The summed E-state index contributed by atoms with van der Waals surface area (Å²) in [4.78, 5) is 23.1. The van der Waals surface area contributed by atoms with Crippen LogP contribution in [0.5, 0.6) is 0 Å². The molecule has 0 N–H and O–H groups in total. The van der Waals surface area contributed by atoms with E-state index in [9.17, 15) is 9.59 Å². The zero-order valence-electron chi connectivity index (χ0n) is 9.91. The molecule has 4 heteroatoms. The largest absolute Gasteiger partial charge is 0.289 e. The van der Waals surface area contributed by atoms with Gasteiger partial charge < -0.3 is 0 Å². The maximum Gasteiger partial charge on any atom is 0.267 e. The Balaban J connectivity index is 2.19. The maximum atomic E-state index is 11.8. The van der Waals surface area contributed by atoms with Gasteiger partial charge in [-0.05, 0) is 12.2 Å². The molecule has 0 aliphatic heterocycles. The van der Waals surface area contributed by atoms with Gasteiger partial charge in [0.2, 0.25) is 0 Å². The van der Waals surface area contributed by atoms with Crippen molar-refractivity contribution in [2.45, 2.75) is 0 Å². The van der Waals surface area contributed by atoms with Crippen LogP contribution >= 0.6 is 0 Å². The molecule has 1 heterocycles. The molecule has 90 valence electrons. The summed E-state index contributed by atoms with van der Waals surface area (Å²) in [6.45, 7) is 0. The molecule has 0 radical (unpaired) electrons. The van der Waals surface area contributed by atoms with Crippen LogP contribution in [0.2, 0.25) is 0 Å². The number of allylic oxidation sites excluding steroid dienone is 1. The molecule has 0 spiro atoms. The first-order chi connectivity index (χ1) is 8.66. The van der Waals surface area contributed by atoms with Crippen molar-refractivity contribution >= 4 is 11.9 Å². The van der Waals surface area contributed by atoms with Crippen molar-refractivity contribution in [3.63, 3.8) is 0 Å². The Hall–Kier alpha value is -2.49. The van der Waals surface area contributed by atoms with Gasteiger partial charge in [0.25, 0.3) is 5.56 Å². The number of hydrogen-bond donors (Lipinski definition) is 0. The van der Waals surface area contributed by atoms with E-state index in [1.807, 2.05) is 6.07 Å². The van der Waals surface area contributed by atoms with Crippen molar-refractivity contribution < 1.29 is 4.79 Å². The predicted molar refractivity (Wildman–Crippen MR) is 69.3 cm³/mol. The summed E-state index contributed by atoms with van der Waals surface area (Å²) in [7, 11) is 1.57. The SMILES string of the molecule is Cn1ncc(/C=C/C(=O)c2ccccc2)cc1=O. The normalized spacial score (nSPS) is 10.7. The Morgan fingerprint density at radius 3 is 2.67 bits per heavy atom. The highest BCUT2D eigenvalue weighted by Crippen LogP contribution is 2.03. The maximum absolute atomic E-state index is 11.8. The third-order valence-corrected chi connectivity index (χ3v) is 2.47. The van der Waals surface area contributed by atoms with Gasteiger partial charge in [-0.3, -0.25) is 9.59 Å². The Morgan fingerprint density at radius 1 is 1.28 bits per heavy atom. The average Bonchev–Trinajstić information content (AvgIpc) is 2.41. The predicted octanol–water partition coefficient (Wildman–Crippen LogP) is 1.68. The van der Waals surface area contributed by atoms with Gasteiger partial charge in [-0.25, -0.2) is 4.68 Å². The van der Waals surface area contributed by atoms with E-state index in [0.717, 1.165) is 0 Å². The van der Waals surface area contributed by atoms with Gasteiger partial charge >= 0.3 is 0 Å². The van der Waals surface area contributed by atoms with Crippen LogP contribution in [0.25, 0.3) is 6.08 Å². The first-order valence-electron chi connectivity index (χ1n) is 5.47. The van der Waals surface area contributed by atoms with E-state index in [4.69, 9.17) is 0 Å². The second-order valence-electron chi connectivity index (χ2n) is 3.81. The van der Waals surface area contributed by atoms with E-state index in [1.165, 1.54) is 23.0 Å². The number of benzene rings is 1. The van der Waals surface area contributed by atoms with Gasteiger partial charge in [-0.2, -0.15) is 5.10 Å². The van der Waals surface area contributed by atoms with Crippen molar-refractivity contribution in [2.24, 2.45) is 7.05 Å². The summed E-state index contributed by atoms with van der Waals surface area (Å²) in [6.07, 6.45) is 4.56. The summed E-state index contributed by atoms with van der Waals surface area (Å²) in [6, 6.07) is 10.4. The highest BCUT2D eigenvalue weighted by molar-refractivity contribution is 6.06. The Bertz CT molecular complexity index is 642. The summed E-state index contributed by atoms with van der Waals surface area (Å²) in [5, 5.41) is 3.87. The first kappa shape index (κ1) is 12.0. The fourth-order valence-electron chi connectivity index (χ4n) is 1.45. The molecule has 0 fully saturated rings. The minimum Gasteiger partial charge on any atom is -0.289 e. The smallest absolute Gasteiger partial charge is 0.267 e. The number of rotatable bonds is 3. The van der Waals surface area contributed by atoms with Gasteiger partial charge in [-0.1, -0.05) is 30.3 Å². The van der Waals surface area contributed by atoms with Crippen LogP contribution in [-0.4, -0.2) is 15.6 Å². The number of hydrogen-bond acceptors (Lipinski definition) is 3. The molecule has 0 unspecified atom stereocenters. The summed E-state index contributed by atoms with van der Waals surface area (Å²) in [5.74, 6) is -0.101. The topological polar surface area (TPSA) is 52.0 Å². The van der Waals surface area contributed by atoms with Crippen LogP contribution in [0, 0.1) is 0 Å². The van der Waals surface area contributed by atoms with Gasteiger partial charge in [0.15, 0.2) is 5.78 Å². The van der Waals surface area contributed by atoms with Crippen molar-refractivity contribution in [1.82, 2.24) is 9.78 Å². The molecule has 0 aliphatic carbocycles. The molecule has 2 rings (SSSR count). The van der Waals surface area contributed by atoms with Crippen LogP contribution < -0.4 is 5.56 Å². The lowest BCUT2D eigenvalue weighted by Crippen LogP contribution is -2.17. The van der Waals surface area contributed by atoms with E-state index in [0.29, 0.717) is 11.1 Å². The number of aryl methyl sites for hydroxylation is 1. The van der Waals surface area contributed by atoms with Gasteiger partial charge in [0.05, 0.1) is 6.20 Å². The summed E-state index contributed by atoms with van der Waals surface area (Å²) in [5.41, 5.74) is 1.03. The van der Waals surface area contributed by atoms with Crippen LogP contribution in [0.3, 0.4) is 0 Å². The minimum atomic E-state index is -0.204. The van der Waals surface area contributed by atoms with E-state index >= 15 is 0 Å². The van der Waals surface area contributed by atoms with Crippen molar-refractivity contribution in [3.8, 4) is 0 Å². The zero-order valence-corrected chi connectivity index (χ0v) is 9.91. The van der Waals surface area contributed by atoms with Crippen molar-refractivity contribution in [2.75, 3.05) is 0 Å². The fourth-order valence-corrected chi connectivity index (χ4v) is 1.45. The number of nitrogens with zero attached hydrogens (tertiary/aromatic N) is 2. The average molecular weight is 240 g/mol. The van der Waals surface area contributed by atoms with Crippen molar-refractivity contribution in [1.29, 1.82) is 0 Å². The standard InChI is InChI=1S/C14H12N2O2/c1-16-14(18)9-11(10-15-16)7-8-13(17)12-5-3-2-4-6-12/h2-10H,1H3/b8-7+. The molecule has 0 atom stereocenters. The van der Waals surface area contributed by atoms with Crippen LogP contribution in [0.1, 0.15) is 15.9 Å². The molecule has 0 bridgehead atoms. The lowest BCUT2D eigenvalue weighted by atomic mass is 10.1. The molecule has 18 heavy (non-hydrogen) atoms. The number of aromatic nitrogens is 2. The zero-order chi connectivity index (χ0) is 13.0. The van der Waals surface area contributed by atoms with Gasteiger partial charge in [-0.15, -0.1) is 0 Å². The minimum absolute atomic E-state index is 0.101. The van der Waals surface area contributed by atoms with Crippen molar-refractivity contribution in [3.05, 3.63) is 70.2 Å². The molecule has 2 aromatic rings. The van der Waals surface area contributed by atoms with E-state index < -0.39 is 0 Å². The Morgan fingerprint density at radius 2 is 2.00 bits per heavy atom. The third-order valence-electron chi connectivity index (χ3n) is 2.47. The molecule has 1 aromatic carbocycles. The second-order valence-corrected chi connectivity index (χ2v) is 3.81. The molecule has 4 nitrogen and oxygen atoms in total. The number of carbonyl (C=O) groups excluding carboxylic acids is 1. The fraction of sp³-hybridized carbons (Fsp3) is 0.0714. The molecule has 1 aromatic heterocycles. The third kappa shape index (κ3) is 2.79. The second kappa shape index (κ2) is 5.23. The molecule has 0 saturated heterocycles. The lowest BCUT2D eigenvalue weighted by molar-refractivity contribution is 0.104. The van der Waals surface area contributed by atoms with E-state index in [2.05, 4.69) is 5.10 Å². The highest BCUT2D eigenvalue weighted by Gasteiger charge is 2.00. The van der Waals surface area contributed by atoms with E-state index in [-0.39, 0.29) is 11.3 Å². The molecule has 0 saturated carbocycles. The summed E-state index contributed by atoms with van der Waals surface area (Å²) < 4.78 is 1.23. The van der Waals surface area contributed by atoms with Gasteiger partial charge in [0, 0.05) is 24.2 Å². The number of carbonyl (C=O) groups is 1. The monoisotopic (exact) mass is 240 g/mol. The summed E-state index contributed by atoms with van der Waals surface area (Å²) >= 11 is 0. The Labute approximate surface area is 104 Å². The van der Waals surface area contributed by atoms with Crippen LogP contribution in [0.15, 0.2) is 53.5 Å². The van der Waals surface area contributed by atoms with Crippen LogP contribution in [-0.2, 0) is 7.05 Å². The Kier molecular flexibility index (Phi) is 3.48. The quantitative estimate of drug-likeness (QED) is 0.605. The highest BCUT2D eigenvalue weighted by atomic mass is 16.1. The van der Waals surface area contributed by atoms with Crippen LogP contribution in [0.4, 0.5) is 0 Å². The molecular weight excluding hydrogens is 228 g/mol. The number of ketones is 1. The van der Waals surface area contributed by atoms with Gasteiger partial charge in [0.1, 0.15) is 0 Å². The first-order valence-corrected chi connectivity index (χ1v) is 5.47.